The molecule has 0 amide bonds. The monoisotopic (exact) mass is 243 g/mol. The van der Waals surface area contributed by atoms with Crippen LogP contribution < -0.4 is 0 Å². The molecule has 0 atom stereocenters. The molecular weight excluding hydrogens is 226 g/mol. The van der Waals surface area contributed by atoms with Crippen LogP contribution in [0.2, 0.25) is 0 Å². The lowest BCUT2D eigenvalue weighted by atomic mass is 10.0. The first kappa shape index (κ1) is 12.6. The summed E-state index contributed by atoms with van der Waals surface area (Å²) in [6.45, 7) is 2.17. The Balaban J connectivity index is 2.48. The van der Waals surface area contributed by atoms with Gasteiger partial charge in [-0.05, 0) is 36.6 Å². The fourth-order valence-corrected chi connectivity index (χ4v) is 2.02. The van der Waals surface area contributed by atoms with Crippen molar-refractivity contribution in [1.29, 1.82) is 0 Å². The maximum Gasteiger partial charge on any atom is 0.338 e. The van der Waals surface area contributed by atoms with Gasteiger partial charge in [-0.2, -0.15) is 0 Å². The Morgan fingerprint density at radius 3 is 2.89 bits per heavy atom. The lowest BCUT2D eigenvalue weighted by Crippen LogP contribution is -2.02. The molecule has 94 valence electrons. The summed E-state index contributed by atoms with van der Waals surface area (Å²) in [6.07, 6.45) is 4.98. The molecule has 0 aliphatic carbocycles. The molecule has 0 radical (unpaired) electrons. The van der Waals surface area contributed by atoms with Gasteiger partial charge in [0, 0.05) is 11.6 Å². The molecule has 0 fully saturated rings. The molecule has 1 aromatic heterocycles. The van der Waals surface area contributed by atoms with Gasteiger partial charge in [-0.1, -0.05) is 19.4 Å². The minimum absolute atomic E-state index is 0.310. The van der Waals surface area contributed by atoms with Crippen LogP contribution in [-0.2, 0) is 11.2 Å². The number of ether oxygens (including phenoxy) is 1. The molecule has 18 heavy (non-hydrogen) atoms. The maximum atomic E-state index is 11.7. The van der Waals surface area contributed by atoms with Crippen molar-refractivity contribution in [2.45, 2.75) is 26.2 Å². The van der Waals surface area contributed by atoms with Crippen molar-refractivity contribution in [2.75, 3.05) is 7.11 Å². The molecule has 0 spiro atoms. The molecule has 1 heterocycles. The number of methoxy groups -OCH3 is 1. The van der Waals surface area contributed by atoms with E-state index >= 15 is 0 Å². The van der Waals surface area contributed by atoms with Crippen LogP contribution in [-0.4, -0.2) is 18.1 Å². The van der Waals surface area contributed by atoms with Gasteiger partial charge in [0.25, 0.3) is 0 Å². The van der Waals surface area contributed by atoms with Crippen LogP contribution in [0.4, 0.5) is 0 Å². The molecule has 0 N–H and O–H groups in total. The minimum atomic E-state index is -0.310. The number of unbranched alkanes of at least 4 members (excludes halogenated alkanes) is 1. The Morgan fingerprint density at radius 2 is 2.17 bits per heavy atom. The number of esters is 1. The number of pyridine rings is 1. The Bertz CT molecular complexity index is 563. The van der Waals surface area contributed by atoms with Crippen LogP contribution in [0, 0.1) is 0 Å². The smallest absolute Gasteiger partial charge is 0.338 e. The van der Waals surface area contributed by atoms with E-state index in [2.05, 4.69) is 18.0 Å². The van der Waals surface area contributed by atoms with Crippen molar-refractivity contribution in [2.24, 2.45) is 0 Å². The first-order valence-corrected chi connectivity index (χ1v) is 6.22. The second kappa shape index (κ2) is 5.63. The van der Waals surface area contributed by atoms with Gasteiger partial charge in [0.2, 0.25) is 0 Å². The van der Waals surface area contributed by atoms with Crippen molar-refractivity contribution in [3.05, 3.63) is 41.6 Å². The van der Waals surface area contributed by atoms with E-state index in [-0.39, 0.29) is 5.97 Å². The number of aryl methyl sites for hydroxylation is 1. The second-order valence-corrected chi connectivity index (χ2v) is 4.31. The normalized spacial score (nSPS) is 10.6. The summed E-state index contributed by atoms with van der Waals surface area (Å²) in [6, 6.07) is 7.79. The van der Waals surface area contributed by atoms with E-state index in [1.165, 1.54) is 12.7 Å². The number of fused-ring (bicyclic) bond motifs is 1. The SMILES string of the molecule is CCCCc1ccc2nccc(C(=O)OC)c2c1. The molecule has 0 saturated carbocycles. The largest absolute Gasteiger partial charge is 0.465 e. The highest BCUT2D eigenvalue weighted by atomic mass is 16.5. The quantitative estimate of drug-likeness (QED) is 0.773. The zero-order valence-corrected chi connectivity index (χ0v) is 10.8. The van der Waals surface area contributed by atoms with Gasteiger partial charge in [-0.3, -0.25) is 4.98 Å². The van der Waals surface area contributed by atoms with E-state index in [9.17, 15) is 4.79 Å². The highest BCUT2D eigenvalue weighted by molar-refractivity contribution is 6.03. The zero-order valence-electron chi connectivity index (χ0n) is 10.8. The van der Waals surface area contributed by atoms with Crippen molar-refractivity contribution in [3.8, 4) is 0 Å². The Labute approximate surface area is 107 Å². The lowest BCUT2D eigenvalue weighted by molar-refractivity contribution is 0.0603. The number of hydrogen-bond donors (Lipinski definition) is 0. The molecule has 3 nitrogen and oxygen atoms in total. The predicted octanol–water partition coefficient (Wildman–Crippen LogP) is 3.36. The number of rotatable bonds is 4. The molecule has 2 rings (SSSR count). The first-order chi connectivity index (χ1) is 8.76. The number of carbonyl (C=O) groups excluding carboxylic acids is 1. The average Bonchev–Trinajstić information content (AvgIpc) is 2.43. The van der Waals surface area contributed by atoms with Gasteiger partial charge in [0.1, 0.15) is 0 Å². The van der Waals surface area contributed by atoms with Gasteiger partial charge in [-0.25, -0.2) is 4.79 Å². The van der Waals surface area contributed by atoms with Crippen LogP contribution in [0.15, 0.2) is 30.5 Å². The first-order valence-electron chi connectivity index (χ1n) is 6.22. The van der Waals surface area contributed by atoms with E-state index in [4.69, 9.17) is 4.74 Å². The summed E-state index contributed by atoms with van der Waals surface area (Å²) in [5.41, 5.74) is 2.65. The van der Waals surface area contributed by atoms with E-state index < -0.39 is 0 Å². The molecule has 2 aromatic rings. The molecule has 0 unspecified atom stereocenters. The van der Waals surface area contributed by atoms with Crippen molar-refractivity contribution in [3.63, 3.8) is 0 Å². The van der Waals surface area contributed by atoms with E-state index in [1.54, 1.807) is 12.3 Å². The lowest BCUT2D eigenvalue weighted by Gasteiger charge is -2.06. The molecule has 0 saturated heterocycles. The number of benzene rings is 1. The standard InChI is InChI=1S/C15H17NO2/c1-3-4-5-11-6-7-14-13(10-11)12(8-9-16-14)15(17)18-2/h6-10H,3-5H2,1-2H3. The fourth-order valence-electron chi connectivity index (χ4n) is 2.02. The third kappa shape index (κ3) is 2.50. The Kier molecular flexibility index (Phi) is 3.92. The van der Waals surface area contributed by atoms with Crippen LogP contribution in [0.3, 0.4) is 0 Å². The molecule has 3 heteroatoms. The van der Waals surface area contributed by atoms with Crippen molar-refractivity contribution in [1.82, 2.24) is 4.98 Å². The number of carbonyl (C=O) groups is 1. The Hall–Kier alpha value is -1.90. The van der Waals surface area contributed by atoms with Crippen molar-refractivity contribution >= 4 is 16.9 Å². The zero-order chi connectivity index (χ0) is 13.0. The molecule has 1 aromatic carbocycles. The third-order valence-corrected chi connectivity index (χ3v) is 3.03. The summed E-state index contributed by atoms with van der Waals surface area (Å²) >= 11 is 0. The highest BCUT2D eigenvalue weighted by Gasteiger charge is 2.10. The predicted molar refractivity (Wildman–Crippen MR) is 71.7 cm³/mol. The summed E-state index contributed by atoms with van der Waals surface area (Å²) in [4.78, 5) is 16.0. The summed E-state index contributed by atoms with van der Waals surface area (Å²) < 4.78 is 4.80. The third-order valence-electron chi connectivity index (χ3n) is 3.03. The van der Waals surface area contributed by atoms with Gasteiger partial charge in [-0.15, -0.1) is 0 Å². The average molecular weight is 243 g/mol. The van der Waals surface area contributed by atoms with Crippen LogP contribution >= 0.6 is 0 Å². The maximum absolute atomic E-state index is 11.7. The van der Waals surface area contributed by atoms with Crippen LogP contribution in [0.25, 0.3) is 10.9 Å². The number of aromatic nitrogens is 1. The Morgan fingerprint density at radius 1 is 1.33 bits per heavy atom. The summed E-state index contributed by atoms with van der Waals surface area (Å²) in [5.74, 6) is -0.310. The topological polar surface area (TPSA) is 39.2 Å². The molecular formula is C15H17NO2. The second-order valence-electron chi connectivity index (χ2n) is 4.31. The van der Waals surface area contributed by atoms with Crippen LogP contribution in [0.1, 0.15) is 35.7 Å². The molecule has 0 bridgehead atoms. The van der Waals surface area contributed by atoms with Gasteiger partial charge >= 0.3 is 5.97 Å². The molecule has 0 aliphatic heterocycles. The van der Waals surface area contributed by atoms with Crippen molar-refractivity contribution < 1.29 is 9.53 Å². The summed E-state index contributed by atoms with van der Waals surface area (Å²) in [7, 11) is 1.40. The van der Waals surface area contributed by atoms with Gasteiger partial charge in [0.05, 0.1) is 18.2 Å². The van der Waals surface area contributed by atoms with E-state index in [0.29, 0.717) is 5.56 Å². The number of nitrogens with zero attached hydrogens (tertiary/aromatic N) is 1. The van der Waals surface area contributed by atoms with Gasteiger partial charge in [0.15, 0.2) is 0 Å². The fraction of sp³-hybridized carbons (Fsp3) is 0.333. The minimum Gasteiger partial charge on any atom is -0.465 e. The number of hydrogen-bond acceptors (Lipinski definition) is 3. The van der Waals surface area contributed by atoms with Crippen LogP contribution in [0.5, 0.6) is 0 Å². The van der Waals surface area contributed by atoms with E-state index in [0.717, 1.165) is 30.2 Å². The summed E-state index contributed by atoms with van der Waals surface area (Å²) in [5, 5.41) is 0.873. The molecule has 0 aliphatic rings. The van der Waals surface area contributed by atoms with Gasteiger partial charge < -0.3 is 4.74 Å². The van der Waals surface area contributed by atoms with E-state index in [1.807, 2.05) is 12.1 Å². The highest BCUT2D eigenvalue weighted by Crippen LogP contribution is 2.20.